The van der Waals surface area contributed by atoms with Crippen molar-refractivity contribution in [2.24, 2.45) is 0 Å². The maximum atomic E-state index is 10.9. The summed E-state index contributed by atoms with van der Waals surface area (Å²) < 4.78 is 18.0. The molecule has 1 atom stereocenters. The van der Waals surface area contributed by atoms with E-state index in [9.17, 15) is 9.59 Å². The standard InChI is InChI=1S/C9H16O8/c1-7(17-9(13)15-5-3-11)6-16-8(12)14-4-2-10/h7,10-11H,2-6H2,1H3. The van der Waals surface area contributed by atoms with Gasteiger partial charge in [-0.3, -0.25) is 0 Å². The van der Waals surface area contributed by atoms with Crippen LogP contribution in [0.1, 0.15) is 6.92 Å². The van der Waals surface area contributed by atoms with E-state index in [1.807, 2.05) is 0 Å². The van der Waals surface area contributed by atoms with Crippen LogP contribution in [0.3, 0.4) is 0 Å². The number of rotatable bonds is 7. The van der Waals surface area contributed by atoms with Crippen molar-refractivity contribution in [3.05, 3.63) is 0 Å². The molecule has 8 nitrogen and oxygen atoms in total. The van der Waals surface area contributed by atoms with Crippen LogP contribution in [-0.4, -0.2) is 61.7 Å². The molecule has 0 aliphatic heterocycles. The largest absolute Gasteiger partial charge is 0.508 e. The highest BCUT2D eigenvalue weighted by Gasteiger charge is 2.13. The molecule has 0 aliphatic rings. The van der Waals surface area contributed by atoms with Gasteiger partial charge in [0, 0.05) is 0 Å². The monoisotopic (exact) mass is 252 g/mol. The van der Waals surface area contributed by atoms with E-state index < -0.39 is 18.4 Å². The van der Waals surface area contributed by atoms with Gasteiger partial charge < -0.3 is 29.2 Å². The minimum Gasteiger partial charge on any atom is -0.432 e. The summed E-state index contributed by atoms with van der Waals surface area (Å²) in [4.78, 5) is 21.7. The Morgan fingerprint density at radius 3 is 2.06 bits per heavy atom. The van der Waals surface area contributed by atoms with Crippen molar-refractivity contribution in [2.45, 2.75) is 13.0 Å². The van der Waals surface area contributed by atoms with Crippen LogP contribution in [0, 0.1) is 0 Å². The van der Waals surface area contributed by atoms with E-state index in [4.69, 9.17) is 10.2 Å². The highest BCUT2D eigenvalue weighted by molar-refractivity contribution is 5.61. The average molecular weight is 252 g/mol. The second-order valence-electron chi connectivity index (χ2n) is 2.88. The van der Waals surface area contributed by atoms with Crippen LogP contribution in [0.15, 0.2) is 0 Å². The van der Waals surface area contributed by atoms with Crippen LogP contribution in [0.25, 0.3) is 0 Å². The molecule has 0 amide bonds. The molecular formula is C9H16O8. The predicted molar refractivity (Wildman–Crippen MR) is 53.4 cm³/mol. The molecule has 0 radical (unpaired) electrons. The van der Waals surface area contributed by atoms with Crippen molar-refractivity contribution in [1.29, 1.82) is 0 Å². The van der Waals surface area contributed by atoms with Gasteiger partial charge in [0.1, 0.15) is 25.9 Å². The summed E-state index contributed by atoms with van der Waals surface area (Å²) in [5.74, 6) is 0. The summed E-state index contributed by atoms with van der Waals surface area (Å²) in [7, 11) is 0. The fraction of sp³-hybridized carbons (Fsp3) is 0.778. The molecule has 0 bridgehead atoms. The van der Waals surface area contributed by atoms with E-state index in [0.29, 0.717) is 0 Å². The second kappa shape index (κ2) is 9.67. The van der Waals surface area contributed by atoms with E-state index in [0.717, 1.165) is 0 Å². The van der Waals surface area contributed by atoms with Crippen molar-refractivity contribution < 1.29 is 38.7 Å². The highest BCUT2D eigenvalue weighted by atomic mass is 16.8. The lowest BCUT2D eigenvalue weighted by Gasteiger charge is -2.12. The third-order valence-corrected chi connectivity index (χ3v) is 1.36. The summed E-state index contributed by atoms with van der Waals surface area (Å²) in [5.41, 5.74) is 0. The molecule has 8 heteroatoms. The first kappa shape index (κ1) is 15.5. The Hall–Kier alpha value is -1.54. The Kier molecular flexibility index (Phi) is 8.79. The molecule has 0 heterocycles. The normalized spacial score (nSPS) is 11.5. The van der Waals surface area contributed by atoms with Crippen molar-refractivity contribution in [3.8, 4) is 0 Å². The second-order valence-corrected chi connectivity index (χ2v) is 2.88. The van der Waals surface area contributed by atoms with Crippen LogP contribution < -0.4 is 0 Å². The van der Waals surface area contributed by atoms with Crippen molar-refractivity contribution >= 4 is 12.3 Å². The molecule has 1 unspecified atom stereocenters. The Labute approximate surface area is 98.0 Å². The van der Waals surface area contributed by atoms with Crippen LogP contribution in [-0.2, 0) is 18.9 Å². The number of aliphatic hydroxyl groups excluding tert-OH is 2. The first-order chi connectivity index (χ1) is 8.10. The molecule has 0 aromatic heterocycles. The summed E-state index contributed by atoms with van der Waals surface area (Å²) in [6.45, 7) is 0.373. The Bertz CT molecular complexity index is 229. The molecular weight excluding hydrogens is 236 g/mol. The smallest absolute Gasteiger partial charge is 0.432 e. The molecule has 17 heavy (non-hydrogen) atoms. The molecule has 0 saturated carbocycles. The van der Waals surface area contributed by atoms with Crippen molar-refractivity contribution in [3.63, 3.8) is 0 Å². The maximum absolute atomic E-state index is 10.9. The lowest BCUT2D eigenvalue weighted by molar-refractivity contribution is -0.0161. The van der Waals surface area contributed by atoms with Gasteiger partial charge in [-0.15, -0.1) is 0 Å². The van der Waals surface area contributed by atoms with Gasteiger partial charge in [0.2, 0.25) is 0 Å². The van der Waals surface area contributed by atoms with Crippen LogP contribution in [0.5, 0.6) is 0 Å². The van der Waals surface area contributed by atoms with E-state index in [1.165, 1.54) is 6.92 Å². The predicted octanol–water partition coefficient (Wildman–Crippen LogP) is -0.334. The SMILES string of the molecule is CC(COC(=O)OCCO)OC(=O)OCCO. The summed E-state index contributed by atoms with van der Waals surface area (Å²) >= 11 is 0. The van der Waals surface area contributed by atoms with Gasteiger partial charge >= 0.3 is 12.3 Å². The zero-order valence-corrected chi connectivity index (χ0v) is 9.46. The number of aliphatic hydroxyl groups is 2. The third kappa shape index (κ3) is 9.39. The highest BCUT2D eigenvalue weighted by Crippen LogP contribution is 1.97. The minimum atomic E-state index is -0.960. The van der Waals surface area contributed by atoms with Gasteiger partial charge in [-0.2, -0.15) is 0 Å². The zero-order valence-electron chi connectivity index (χ0n) is 9.46. The van der Waals surface area contributed by atoms with Gasteiger partial charge in [0.25, 0.3) is 0 Å². The molecule has 100 valence electrons. The van der Waals surface area contributed by atoms with Gasteiger partial charge in [0.15, 0.2) is 0 Å². The fourth-order valence-corrected chi connectivity index (χ4v) is 0.717. The summed E-state index contributed by atoms with van der Waals surface area (Å²) in [5, 5.41) is 16.7. The molecule has 0 spiro atoms. The third-order valence-electron chi connectivity index (χ3n) is 1.36. The molecule has 0 aromatic rings. The first-order valence-corrected chi connectivity index (χ1v) is 4.94. The van der Waals surface area contributed by atoms with Crippen molar-refractivity contribution in [2.75, 3.05) is 33.0 Å². The van der Waals surface area contributed by atoms with Crippen molar-refractivity contribution in [1.82, 2.24) is 0 Å². The van der Waals surface area contributed by atoms with Gasteiger partial charge in [0.05, 0.1) is 13.2 Å². The molecule has 2 N–H and O–H groups in total. The summed E-state index contributed by atoms with van der Waals surface area (Å²) in [6.07, 6.45) is -2.63. The number of carbonyl (C=O) groups is 2. The summed E-state index contributed by atoms with van der Waals surface area (Å²) in [6, 6.07) is 0. The number of hydrogen-bond acceptors (Lipinski definition) is 8. The van der Waals surface area contributed by atoms with Crippen LogP contribution in [0.2, 0.25) is 0 Å². The maximum Gasteiger partial charge on any atom is 0.508 e. The quantitative estimate of drug-likeness (QED) is 0.592. The number of hydrogen-bond donors (Lipinski definition) is 2. The first-order valence-electron chi connectivity index (χ1n) is 4.94. The molecule has 0 aliphatic carbocycles. The van der Waals surface area contributed by atoms with Gasteiger partial charge in [-0.05, 0) is 6.92 Å². The molecule has 0 aromatic carbocycles. The topological polar surface area (TPSA) is 112 Å². The average Bonchev–Trinajstić information content (AvgIpc) is 2.31. The molecule has 0 fully saturated rings. The fourth-order valence-electron chi connectivity index (χ4n) is 0.717. The van der Waals surface area contributed by atoms with Crippen LogP contribution in [0.4, 0.5) is 9.59 Å². The molecule has 0 saturated heterocycles. The lowest BCUT2D eigenvalue weighted by atomic mass is 10.4. The zero-order chi connectivity index (χ0) is 13.1. The number of ether oxygens (including phenoxy) is 4. The van der Waals surface area contributed by atoms with E-state index in [2.05, 4.69) is 18.9 Å². The van der Waals surface area contributed by atoms with E-state index >= 15 is 0 Å². The van der Waals surface area contributed by atoms with E-state index in [1.54, 1.807) is 0 Å². The van der Waals surface area contributed by atoms with Crippen LogP contribution >= 0.6 is 0 Å². The number of carbonyl (C=O) groups excluding carboxylic acids is 2. The van der Waals surface area contributed by atoms with Gasteiger partial charge in [-0.25, -0.2) is 9.59 Å². The van der Waals surface area contributed by atoms with Gasteiger partial charge in [-0.1, -0.05) is 0 Å². The van der Waals surface area contributed by atoms with E-state index in [-0.39, 0.29) is 33.0 Å². The Morgan fingerprint density at radius 2 is 1.53 bits per heavy atom. The Balaban J connectivity index is 3.60. The minimum absolute atomic E-state index is 0.160. The Morgan fingerprint density at radius 1 is 1.00 bits per heavy atom. The molecule has 0 rings (SSSR count). The lowest BCUT2D eigenvalue weighted by Crippen LogP contribution is -2.24.